The Kier molecular flexibility index (Phi) is 3.35. The zero-order chi connectivity index (χ0) is 14.8. The topological polar surface area (TPSA) is 77.5 Å². The van der Waals surface area contributed by atoms with Crippen molar-refractivity contribution in [2.24, 2.45) is 0 Å². The number of furan rings is 1. The number of nitrogens with zero attached hydrogens (tertiary/aromatic N) is 1. The molecule has 6 nitrogen and oxygen atoms in total. The van der Waals surface area contributed by atoms with E-state index in [9.17, 15) is 4.79 Å². The van der Waals surface area contributed by atoms with E-state index >= 15 is 0 Å². The molecule has 0 aliphatic rings. The lowest BCUT2D eigenvalue weighted by molar-refractivity contribution is 0.0599. The summed E-state index contributed by atoms with van der Waals surface area (Å²) in [7, 11) is 1.34. The van der Waals surface area contributed by atoms with Crippen molar-refractivity contribution >= 4 is 23.1 Å². The third-order valence-corrected chi connectivity index (χ3v) is 3.08. The molecule has 0 fully saturated rings. The Morgan fingerprint density at radius 2 is 2.14 bits per heavy atom. The highest BCUT2D eigenvalue weighted by Crippen LogP contribution is 2.20. The normalized spacial score (nSPS) is 10.8. The molecule has 108 valence electrons. The summed E-state index contributed by atoms with van der Waals surface area (Å²) in [6.07, 6.45) is 0. The molecule has 1 N–H and O–H groups in total. The number of rotatable bonds is 4. The smallest absolute Gasteiger partial charge is 0.341 e. The van der Waals surface area contributed by atoms with E-state index in [1.807, 2.05) is 24.3 Å². The second kappa shape index (κ2) is 5.32. The SMILES string of the molecule is COC(=O)c1cc(CNc2nc3ccccc3o2)oc1C. The lowest BCUT2D eigenvalue weighted by atomic mass is 10.2. The maximum absolute atomic E-state index is 11.5. The van der Waals surface area contributed by atoms with Gasteiger partial charge in [-0.3, -0.25) is 0 Å². The second-order valence-corrected chi connectivity index (χ2v) is 4.51. The average Bonchev–Trinajstić information content (AvgIpc) is 3.07. The molecule has 1 aromatic carbocycles. The minimum atomic E-state index is -0.413. The summed E-state index contributed by atoms with van der Waals surface area (Å²) in [5.74, 6) is 0.718. The van der Waals surface area contributed by atoms with Crippen LogP contribution in [0.3, 0.4) is 0 Å². The molecule has 0 unspecified atom stereocenters. The monoisotopic (exact) mass is 286 g/mol. The fraction of sp³-hybridized carbons (Fsp3) is 0.200. The van der Waals surface area contributed by atoms with Crippen LogP contribution in [-0.2, 0) is 11.3 Å². The van der Waals surface area contributed by atoms with Gasteiger partial charge in [0.25, 0.3) is 6.01 Å². The number of ether oxygens (including phenoxy) is 1. The molecule has 3 rings (SSSR count). The van der Waals surface area contributed by atoms with Crippen LogP contribution in [0.5, 0.6) is 0 Å². The summed E-state index contributed by atoms with van der Waals surface area (Å²) in [6.45, 7) is 2.08. The predicted octanol–water partition coefficient (Wildman–Crippen LogP) is 3.13. The molecule has 2 heterocycles. The van der Waals surface area contributed by atoms with Gasteiger partial charge in [-0.25, -0.2) is 4.79 Å². The zero-order valence-corrected chi connectivity index (χ0v) is 11.7. The number of hydrogen-bond acceptors (Lipinski definition) is 6. The van der Waals surface area contributed by atoms with Crippen LogP contribution in [-0.4, -0.2) is 18.1 Å². The van der Waals surface area contributed by atoms with E-state index in [4.69, 9.17) is 8.83 Å². The van der Waals surface area contributed by atoms with Gasteiger partial charge in [-0.05, 0) is 25.1 Å². The second-order valence-electron chi connectivity index (χ2n) is 4.51. The van der Waals surface area contributed by atoms with Crippen molar-refractivity contribution in [3.8, 4) is 0 Å². The van der Waals surface area contributed by atoms with E-state index in [2.05, 4.69) is 15.0 Å². The van der Waals surface area contributed by atoms with Crippen molar-refractivity contribution in [1.82, 2.24) is 4.98 Å². The van der Waals surface area contributed by atoms with Crippen LogP contribution >= 0.6 is 0 Å². The summed E-state index contributed by atoms with van der Waals surface area (Å²) in [4.78, 5) is 15.8. The summed E-state index contributed by atoms with van der Waals surface area (Å²) >= 11 is 0. The molecule has 0 atom stereocenters. The zero-order valence-electron chi connectivity index (χ0n) is 11.7. The highest BCUT2D eigenvalue weighted by Gasteiger charge is 2.15. The van der Waals surface area contributed by atoms with Gasteiger partial charge >= 0.3 is 5.97 Å². The molecule has 0 radical (unpaired) electrons. The van der Waals surface area contributed by atoms with Gasteiger partial charge in [0, 0.05) is 0 Å². The Balaban J connectivity index is 1.74. The Labute approximate surface area is 120 Å². The number of fused-ring (bicyclic) bond motifs is 1. The number of aryl methyl sites for hydroxylation is 1. The number of aromatic nitrogens is 1. The van der Waals surface area contributed by atoms with Gasteiger partial charge in [0.15, 0.2) is 5.58 Å². The van der Waals surface area contributed by atoms with Crippen molar-refractivity contribution in [2.75, 3.05) is 12.4 Å². The molecule has 2 aromatic heterocycles. The number of carbonyl (C=O) groups is 1. The minimum Gasteiger partial charge on any atom is -0.465 e. The first-order valence-corrected chi connectivity index (χ1v) is 6.44. The largest absolute Gasteiger partial charge is 0.465 e. The molecule has 0 bridgehead atoms. The summed E-state index contributed by atoms with van der Waals surface area (Å²) in [6, 6.07) is 9.56. The lowest BCUT2D eigenvalue weighted by Gasteiger charge is -1.97. The number of benzene rings is 1. The van der Waals surface area contributed by atoms with E-state index < -0.39 is 5.97 Å². The predicted molar refractivity (Wildman–Crippen MR) is 76.1 cm³/mol. The van der Waals surface area contributed by atoms with Gasteiger partial charge in [0.2, 0.25) is 0 Å². The number of anilines is 1. The molecule has 21 heavy (non-hydrogen) atoms. The summed E-state index contributed by atoms with van der Waals surface area (Å²) in [5.41, 5.74) is 1.92. The number of esters is 1. The van der Waals surface area contributed by atoms with Gasteiger partial charge in [0.1, 0.15) is 22.6 Å². The standard InChI is InChI=1S/C15H14N2O4/c1-9-11(14(18)19-2)7-10(20-9)8-16-15-17-12-5-3-4-6-13(12)21-15/h3-7H,8H2,1-2H3,(H,16,17). The molecular weight excluding hydrogens is 272 g/mol. The van der Waals surface area contributed by atoms with E-state index in [1.54, 1.807) is 13.0 Å². The molecule has 0 amide bonds. The first kappa shape index (κ1) is 13.2. The van der Waals surface area contributed by atoms with E-state index in [0.717, 1.165) is 5.52 Å². The third kappa shape index (κ3) is 2.60. The van der Waals surface area contributed by atoms with Gasteiger partial charge in [-0.15, -0.1) is 0 Å². The Morgan fingerprint density at radius 1 is 1.33 bits per heavy atom. The van der Waals surface area contributed by atoms with Crippen LogP contribution < -0.4 is 5.32 Å². The molecule has 0 saturated heterocycles. The molecular formula is C15H14N2O4. The average molecular weight is 286 g/mol. The number of oxazole rings is 1. The lowest BCUT2D eigenvalue weighted by Crippen LogP contribution is -2.01. The minimum absolute atomic E-state index is 0.366. The molecule has 3 aromatic rings. The third-order valence-electron chi connectivity index (χ3n) is 3.08. The van der Waals surface area contributed by atoms with Gasteiger partial charge < -0.3 is 18.9 Å². The van der Waals surface area contributed by atoms with Gasteiger partial charge in [-0.1, -0.05) is 12.1 Å². The Morgan fingerprint density at radius 3 is 2.90 bits per heavy atom. The van der Waals surface area contributed by atoms with E-state index in [-0.39, 0.29) is 0 Å². The quantitative estimate of drug-likeness (QED) is 0.742. The number of carbonyl (C=O) groups excluding carboxylic acids is 1. The maximum Gasteiger partial charge on any atom is 0.341 e. The first-order valence-electron chi connectivity index (χ1n) is 6.44. The van der Waals surface area contributed by atoms with Crippen LogP contribution in [0.15, 0.2) is 39.2 Å². The first-order chi connectivity index (χ1) is 10.2. The number of nitrogens with one attached hydrogen (secondary N) is 1. The van der Waals surface area contributed by atoms with E-state index in [0.29, 0.717) is 35.2 Å². The van der Waals surface area contributed by atoms with Crippen LogP contribution in [0.25, 0.3) is 11.1 Å². The van der Waals surface area contributed by atoms with Crippen molar-refractivity contribution in [3.05, 3.63) is 47.4 Å². The molecule has 0 saturated carbocycles. The van der Waals surface area contributed by atoms with E-state index in [1.165, 1.54) is 7.11 Å². The number of para-hydroxylation sites is 2. The molecule has 0 spiro atoms. The fourth-order valence-corrected chi connectivity index (χ4v) is 2.05. The fourth-order valence-electron chi connectivity index (χ4n) is 2.05. The highest BCUT2D eigenvalue weighted by molar-refractivity contribution is 5.90. The van der Waals surface area contributed by atoms with Crippen molar-refractivity contribution in [1.29, 1.82) is 0 Å². The van der Waals surface area contributed by atoms with Crippen molar-refractivity contribution < 1.29 is 18.4 Å². The molecule has 0 aliphatic carbocycles. The molecule has 6 heteroatoms. The van der Waals surface area contributed by atoms with Crippen molar-refractivity contribution in [3.63, 3.8) is 0 Å². The Hall–Kier alpha value is -2.76. The van der Waals surface area contributed by atoms with Crippen LogP contribution in [0, 0.1) is 6.92 Å². The maximum atomic E-state index is 11.5. The van der Waals surface area contributed by atoms with Crippen LogP contribution in [0.4, 0.5) is 6.01 Å². The van der Waals surface area contributed by atoms with Gasteiger partial charge in [0.05, 0.1) is 13.7 Å². The summed E-state index contributed by atoms with van der Waals surface area (Å²) < 4.78 is 15.7. The Bertz CT molecular complexity index is 755. The number of hydrogen-bond donors (Lipinski definition) is 1. The number of methoxy groups -OCH3 is 1. The van der Waals surface area contributed by atoms with Crippen LogP contribution in [0.1, 0.15) is 21.9 Å². The summed E-state index contributed by atoms with van der Waals surface area (Å²) in [5, 5.41) is 3.02. The molecule has 0 aliphatic heterocycles. The van der Waals surface area contributed by atoms with Crippen LogP contribution in [0.2, 0.25) is 0 Å². The van der Waals surface area contributed by atoms with Crippen molar-refractivity contribution in [2.45, 2.75) is 13.5 Å². The van der Waals surface area contributed by atoms with Gasteiger partial charge in [-0.2, -0.15) is 4.98 Å². The highest BCUT2D eigenvalue weighted by atomic mass is 16.5.